The zero-order chi connectivity index (χ0) is 35.5. The Morgan fingerprint density at radius 3 is 2.31 bits per heavy atom. The third-order valence-corrected chi connectivity index (χ3v) is 9.35. The quantitative estimate of drug-likeness (QED) is 0.0770. The van der Waals surface area contributed by atoms with Gasteiger partial charge in [0.1, 0.15) is 31.0 Å². The number of alkyl carbamates (subject to hydrolysis) is 1. The molecule has 0 aromatic heterocycles. The van der Waals surface area contributed by atoms with E-state index < -0.39 is 6.09 Å². The predicted octanol–water partition coefficient (Wildman–Crippen LogP) is 6.83. The molecule has 2 amide bonds. The van der Waals surface area contributed by atoms with Crippen LogP contribution in [0.5, 0.6) is 0 Å². The topological polar surface area (TPSA) is 98.3 Å². The number of benzene rings is 3. The highest BCUT2D eigenvalue weighted by Crippen LogP contribution is 2.43. The molecule has 0 fully saturated rings. The lowest BCUT2D eigenvalue weighted by Gasteiger charge is -2.25. The Morgan fingerprint density at radius 2 is 1.61 bits per heavy atom. The number of nitrogens with zero attached hydrogens (tertiary/aromatic N) is 3. The fourth-order valence-electron chi connectivity index (χ4n) is 6.58. The van der Waals surface area contributed by atoms with E-state index in [9.17, 15) is 9.59 Å². The van der Waals surface area contributed by atoms with Gasteiger partial charge in [-0.2, -0.15) is 0 Å². The van der Waals surface area contributed by atoms with Crippen molar-refractivity contribution in [3.8, 4) is 22.5 Å². The molecule has 0 saturated heterocycles. The van der Waals surface area contributed by atoms with E-state index >= 15 is 0 Å². The van der Waals surface area contributed by atoms with Crippen LogP contribution in [0, 0.1) is 13.8 Å². The molecule has 0 saturated carbocycles. The number of anilines is 1. The largest absolute Gasteiger partial charge is 0.456 e. The number of hydrogen-bond acceptors (Lipinski definition) is 6. The molecule has 0 bridgehead atoms. The summed E-state index contributed by atoms with van der Waals surface area (Å²) in [6.07, 6.45) is 2.97. The number of ether oxygens (including phenoxy) is 1. The van der Waals surface area contributed by atoms with E-state index in [-0.39, 0.29) is 25.7 Å². The minimum absolute atomic E-state index is 0.0808. The highest BCUT2D eigenvalue weighted by molar-refractivity contribution is 6.09. The Labute approximate surface area is 291 Å². The van der Waals surface area contributed by atoms with Crippen LogP contribution in [0.1, 0.15) is 74.9 Å². The number of carbonyl (C=O) groups is 2. The molecule has 49 heavy (non-hydrogen) atoms. The summed E-state index contributed by atoms with van der Waals surface area (Å²) in [5.41, 5.74) is 7.51. The molecule has 1 heterocycles. The normalized spacial score (nSPS) is 11.2. The third kappa shape index (κ3) is 8.81. The van der Waals surface area contributed by atoms with Crippen LogP contribution in [0.2, 0.25) is 0 Å². The van der Waals surface area contributed by atoms with Gasteiger partial charge in [0.05, 0.1) is 12.6 Å². The summed E-state index contributed by atoms with van der Waals surface area (Å²) in [7, 11) is 1.74. The van der Waals surface area contributed by atoms with Crippen LogP contribution in [0.15, 0.2) is 52.9 Å². The molecular weight excluding hydrogens is 616 g/mol. The minimum Gasteiger partial charge on any atom is -0.456 e. The molecule has 0 unspecified atom stereocenters. The van der Waals surface area contributed by atoms with Gasteiger partial charge in [0.25, 0.3) is 5.91 Å². The fraction of sp³-hybridized carbons (Fsp3) is 0.475. The Balaban J connectivity index is 1.74. The van der Waals surface area contributed by atoms with Crippen LogP contribution in [-0.4, -0.2) is 81.5 Å². The summed E-state index contributed by atoms with van der Waals surface area (Å²) >= 11 is 0. The number of aliphatic hydroxyl groups is 1. The maximum atomic E-state index is 14.1. The first kappa shape index (κ1) is 37.4. The zero-order valence-corrected chi connectivity index (χ0v) is 30.5. The van der Waals surface area contributed by atoms with E-state index in [0.29, 0.717) is 12.1 Å². The molecule has 9 heteroatoms. The average molecular weight is 672 g/mol. The van der Waals surface area contributed by atoms with Crippen molar-refractivity contribution in [2.24, 2.45) is 0 Å². The molecule has 1 aliphatic carbocycles. The van der Waals surface area contributed by atoms with Crippen molar-refractivity contribution in [3.63, 3.8) is 0 Å². The van der Waals surface area contributed by atoms with Gasteiger partial charge in [0.15, 0.2) is 0 Å². The molecule has 2 aromatic carbocycles. The molecule has 0 atom stereocenters. The van der Waals surface area contributed by atoms with Gasteiger partial charge in [0.2, 0.25) is 5.36 Å². The second-order valence-corrected chi connectivity index (χ2v) is 12.6. The van der Waals surface area contributed by atoms with Crippen LogP contribution in [0.4, 0.5) is 10.5 Å². The Morgan fingerprint density at radius 1 is 0.898 bits per heavy atom. The Kier molecular flexibility index (Phi) is 13.6. The molecule has 1 aliphatic heterocycles. The molecule has 264 valence electrons. The van der Waals surface area contributed by atoms with Gasteiger partial charge in [-0.15, -0.1) is 0 Å². The molecule has 0 spiro atoms. The molecule has 2 N–H and O–H groups in total. The van der Waals surface area contributed by atoms with E-state index in [0.717, 1.165) is 107 Å². The number of hydrogen-bond donors (Lipinski definition) is 2. The predicted molar refractivity (Wildman–Crippen MR) is 200 cm³/mol. The van der Waals surface area contributed by atoms with Gasteiger partial charge in [-0.3, -0.25) is 4.79 Å². The van der Waals surface area contributed by atoms with Crippen molar-refractivity contribution >= 4 is 28.7 Å². The highest BCUT2D eigenvalue weighted by Gasteiger charge is 2.25. The van der Waals surface area contributed by atoms with E-state index in [1.807, 2.05) is 24.3 Å². The zero-order valence-electron chi connectivity index (χ0n) is 30.5. The Bertz CT molecular complexity index is 1770. The van der Waals surface area contributed by atoms with Crippen molar-refractivity contribution in [2.45, 2.75) is 67.2 Å². The number of fused-ring (bicyclic) bond motifs is 2. The second kappa shape index (κ2) is 17.9. The number of likely N-dealkylation sites (N-methyl/N-ethyl adjacent to an activating group) is 1. The summed E-state index contributed by atoms with van der Waals surface area (Å²) in [5, 5.41) is 13.8. The van der Waals surface area contributed by atoms with E-state index in [1.165, 1.54) is 0 Å². The number of nitrogens with one attached hydrogen (secondary N) is 1. The summed E-state index contributed by atoms with van der Waals surface area (Å²) < 4.78 is 14.4. The molecule has 0 radical (unpaired) electrons. The maximum absolute atomic E-state index is 14.1. The number of aryl methyl sites for hydroxylation is 2. The van der Waals surface area contributed by atoms with E-state index in [2.05, 4.69) is 80.6 Å². The highest BCUT2D eigenvalue weighted by atomic mass is 16.5. The molecule has 2 aliphatic rings. The molecular formula is C40H55N4O5+. The van der Waals surface area contributed by atoms with E-state index in [4.69, 9.17) is 14.3 Å². The lowest BCUT2D eigenvalue weighted by molar-refractivity contribution is 0.0745. The fourth-order valence-corrected chi connectivity index (χ4v) is 6.58. The SMILES string of the molecule is CCN(CC)c1cc2oc3cc(=[N+](CC)CC)c(C)cc-3c(-c3ccccc3C(=O)N(C)CCOC(=O)NCCCCCCO)c2cc1C. The number of carbonyl (C=O) groups excluding carboxylic acids is 2. The third-order valence-electron chi connectivity index (χ3n) is 9.35. The number of rotatable bonds is 16. The summed E-state index contributed by atoms with van der Waals surface area (Å²) in [6.45, 7) is 17.5. The molecule has 2 aromatic rings. The van der Waals surface area contributed by atoms with Crippen LogP contribution >= 0.6 is 0 Å². The van der Waals surface area contributed by atoms with Gasteiger partial charge in [-0.25, -0.2) is 9.37 Å². The smallest absolute Gasteiger partial charge is 0.407 e. The van der Waals surface area contributed by atoms with Crippen molar-refractivity contribution < 1.29 is 23.8 Å². The first-order valence-electron chi connectivity index (χ1n) is 17.9. The minimum atomic E-state index is -0.492. The Hall–Kier alpha value is -4.37. The van der Waals surface area contributed by atoms with Crippen molar-refractivity contribution in [3.05, 3.63) is 70.6 Å². The van der Waals surface area contributed by atoms with E-state index in [1.54, 1.807) is 11.9 Å². The van der Waals surface area contributed by atoms with Crippen molar-refractivity contribution in [2.75, 3.05) is 64.4 Å². The summed E-state index contributed by atoms with van der Waals surface area (Å²) in [6, 6.07) is 16.4. The van der Waals surface area contributed by atoms with Gasteiger partial charge in [-0.1, -0.05) is 31.0 Å². The summed E-state index contributed by atoms with van der Waals surface area (Å²) in [4.78, 5) is 30.2. The first-order chi connectivity index (χ1) is 23.7. The number of aliphatic hydroxyl groups excluding tert-OH is 1. The second-order valence-electron chi connectivity index (χ2n) is 12.6. The van der Waals surface area contributed by atoms with Gasteiger partial charge >= 0.3 is 6.09 Å². The lowest BCUT2D eigenvalue weighted by Crippen LogP contribution is -2.33. The maximum Gasteiger partial charge on any atom is 0.407 e. The van der Waals surface area contributed by atoms with Crippen molar-refractivity contribution in [1.82, 2.24) is 14.8 Å². The monoisotopic (exact) mass is 671 g/mol. The van der Waals surface area contributed by atoms with Gasteiger partial charge < -0.3 is 29.4 Å². The van der Waals surface area contributed by atoms with Crippen molar-refractivity contribution in [1.29, 1.82) is 0 Å². The molecule has 9 nitrogen and oxygen atoms in total. The van der Waals surface area contributed by atoms with Gasteiger partial charge in [0, 0.05) is 72.7 Å². The summed E-state index contributed by atoms with van der Waals surface area (Å²) in [5.74, 6) is 0.617. The van der Waals surface area contributed by atoms with Crippen LogP contribution in [-0.2, 0) is 4.74 Å². The number of amides is 2. The van der Waals surface area contributed by atoms with Crippen LogP contribution in [0.25, 0.3) is 33.4 Å². The lowest BCUT2D eigenvalue weighted by atomic mass is 9.89. The van der Waals surface area contributed by atoms with Gasteiger partial charge in [-0.05, 0) is 83.7 Å². The van der Waals surface area contributed by atoms with Crippen LogP contribution in [0.3, 0.4) is 0 Å². The van der Waals surface area contributed by atoms with Crippen LogP contribution < -0.4 is 20.1 Å². The first-order valence-corrected chi connectivity index (χ1v) is 17.9. The average Bonchev–Trinajstić information content (AvgIpc) is 3.10. The molecule has 4 rings (SSSR count). The number of unbranched alkanes of at least 4 members (excludes halogenated alkanes) is 3. The standard InChI is InChI=1S/C40H54N4O5/c1-8-43(9-2)34-26-36-32(24-28(34)5)38(33-25-29(6)35(27-37(33)49-36)44(10-3)11-4)30-18-14-15-19-31(30)39(46)42(7)21-23-48-40(47)41-20-16-12-13-17-22-45/h14-15,18-19,24-27,45H,8-13,16-17,20-23H2,1-7H3/p+1.